The molecule has 0 heterocycles. The minimum absolute atomic E-state index is 0.0332. The molecule has 0 amide bonds. The fraction of sp³-hybridized carbons (Fsp3) is 0.429. The van der Waals surface area contributed by atoms with E-state index in [1.807, 2.05) is 44.2 Å². The molecule has 0 saturated heterocycles. The zero-order chi connectivity index (χ0) is 26.1. The average molecular weight is 575 g/mol. The van der Waals surface area contributed by atoms with Gasteiger partial charge in [0.15, 0.2) is 5.70 Å². The van der Waals surface area contributed by atoms with Crippen LogP contribution < -0.4 is 0 Å². The third kappa shape index (κ3) is 7.67. The smallest absolute Gasteiger partial charge is 0.338 e. The molecule has 0 fully saturated rings. The standard InChI is InChI=1S/C28H32BrNO5S/c1-18(2)27(32)20-7-5-9-23(13-20)36-17-24-22(14-25(29)26(24)30-3)16-34-15-19-6-4-8-21(12-19)28(33)35-11-10-31/h4-9,12-13,18,22,24,27,31-32H,10-11,14-17H2,1-2H3/t22-,24-,27?/m1/s1. The minimum atomic E-state index is -0.499. The highest BCUT2D eigenvalue weighted by Gasteiger charge is 2.35. The van der Waals surface area contributed by atoms with E-state index in [0.29, 0.717) is 18.8 Å². The summed E-state index contributed by atoms with van der Waals surface area (Å²) in [5.41, 5.74) is 2.94. The summed E-state index contributed by atoms with van der Waals surface area (Å²) in [5, 5.41) is 19.3. The molecule has 0 bridgehead atoms. The van der Waals surface area contributed by atoms with Gasteiger partial charge in [0.05, 0.1) is 31.5 Å². The van der Waals surface area contributed by atoms with Crippen LogP contribution in [0.4, 0.5) is 0 Å². The van der Waals surface area contributed by atoms with Gasteiger partial charge in [0.1, 0.15) is 6.61 Å². The van der Waals surface area contributed by atoms with E-state index in [4.69, 9.17) is 21.2 Å². The van der Waals surface area contributed by atoms with Gasteiger partial charge in [0.25, 0.3) is 0 Å². The topological polar surface area (TPSA) is 80.4 Å². The van der Waals surface area contributed by atoms with Crippen molar-refractivity contribution in [3.05, 3.63) is 86.8 Å². The van der Waals surface area contributed by atoms with E-state index in [0.717, 1.165) is 38.4 Å². The highest BCUT2D eigenvalue weighted by Crippen LogP contribution is 2.43. The van der Waals surface area contributed by atoms with E-state index in [1.54, 1.807) is 30.0 Å². The molecule has 6 nitrogen and oxygen atoms in total. The second-order valence-corrected chi connectivity index (χ2v) is 11.2. The molecule has 1 aliphatic carbocycles. The third-order valence-electron chi connectivity index (χ3n) is 6.11. The first-order valence-electron chi connectivity index (χ1n) is 12.0. The predicted molar refractivity (Wildman–Crippen MR) is 145 cm³/mol. The van der Waals surface area contributed by atoms with Crippen LogP contribution in [0.15, 0.2) is 63.6 Å². The maximum Gasteiger partial charge on any atom is 0.338 e. The molecule has 3 atom stereocenters. The van der Waals surface area contributed by atoms with Crippen molar-refractivity contribution in [2.45, 2.75) is 37.9 Å². The first kappa shape index (κ1) is 28.4. The Bertz CT molecular complexity index is 1110. The van der Waals surface area contributed by atoms with Gasteiger partial charge < -0.3 is 19.7 Å². The molecule has 0 saturated carbocycles. The van der Waals surface area contributed by atoms with Crippen molar-refractivity contribution < 1.29 is 24.5 Å². The summed E-state index contributed by atoms with van der Waals surface area (Å²) in [6.07, 6.45) is 0.254. The van der Waals surface area contributed by atoms with Gasteiger partial charge in [-0.15, -0.1) is 11.8 Å². The van der Waals surface area contributed by atoms with Crippen LogP contribution in [0.25, 0.3) is 4.85 Å². The number of ether oxygens (including phenoxy) is 2. The lowest BCUT2D eigenvalue weighted by atomic mass is 9.96. The van der Waals surface area contributed by atoms with Gasteiger partial charge in [-0.2, -0.15) is 0 Å². The molecule has 0 spiro atoms. The fourth-order valence-electron chi connectivity index (χ4n) is 4.13. The van der Waals surface area contributed by atoms with E-state index in [2.05, 4.69) is 20.8 Å². The van der Waals surface area contributed by atoms with Crippen molar-refractivity contribution in [2.75, 3.05) is 25.6 Å². The largest absolute Gasteiger partial charge is 0.460 e. The molecule has 0 aromatic heterocycles. The highest BCUT2D eigenvalue weighted by molar-refractivity contribution is 9.11. The molecule has 1 aliphatic rings. The normalized spacial score (nSPS) is 18.4. The van der Waals surface area contributed by atoms with E-state index >= 15 is 0 Å². The summed E-state index contributed by atoms with van der Waals surface area (Å²) in [5.74, 6) is 0.631. The number of nitrogens with zero attached hydrogens (tertiary/aromatic N) is 1. The van der Waals surface area contributed by atoms with Crippen molar-refractivity contribution in [1.82, 2.24) is 0 Å². The molecule has 36 heavy (non-hydrogen) atoms. The summed E-state index contributed by atoms with van der Waals surface area (Å²) in [4.78, 5) is 16.9. The number of hydrogen-bond acceptors (Lipinski definition) is 6. The molecule has 8 heteroatoms. The van der Waals surface area contributed by atoms with E-state index in [1.165, 1.54) is 0 Å². The third-order valence-corrected chi connectivity index (χ3v) is 7.95. The van der Waals surface area contributed by atoms with Crippen molar-refractivity contribution in [3.63, 3.8) is 0 Å². The Kier molecular flexibility index (Phi) is 11.0. The Morgan fingerprint density at radius 3 is 2.75 bits per heavy atom. The van der Waals surface area contributed by atoms with Crippen LogP contribution in [0.3, 0.4) is 0 Å². The van der Waals surface area contributed by atoms with Gasteiger partial charge in [-0.05, 0) is 63.9 Å². The van der Waals surface area contributed by atoms with Crippen molar-refractivity contribution >= 4 is 33.7 Å². The number of hydrogen-bond donors (Lipinski definition) is 2. The molecule has 0 aliphatic heterocycles. The molecule has 2 aromatic rings. The van der Waals surface area contributed by atoms with Crippen LogP contribution in [0.5, 0.6) is 0 Å². The number of carbonyl (C=O) groups excluding carboxylic acids is 1. The Balaban J connectivity index is 1.60. The van der Waals surface area contributed by atoms with Crippen molar-refractivity contribution in [2.24, 2.45) is 17.8 Å². The zero-order valence-corrected chi connectivity index (χ0v) is 22.9. The molecule has 2 N–H and O–H groups in total. The molecule has 3 rings (SSSR count). The van der Waals surface area contributed by atoms with E-state index in [-0.39, 0.29) is 31.0 Å². The number of esters is 1. The van der Waals surface area contributed by atoms with E-state index in [9.17, 15) is 9.90 Å². The number of carbonyl (C=O) groups is 1. The highest BCUT2D eigenvalue weighted by atomic mass is 79.9. The molecule has 0 radical (unpaired) electrons. The first-order valence-corrected chi connectivity index (χ1v) is 13.7. The van der Waals surface area contributed by atoms with E-state index < -0.39 is 12.1 Å². The summed E-state index contributed by atoms with van der Waals surface area (Å²) in [6, 6.07) is 15.1. The number of thioether (sulfide) groups is 1. The number of allylic oxidation sites excluding steroid dienone is 2. The molecule has 2 aromatic carbocycles. The quantitative estimate of drug-likeness (QED) is 0.184. The molecule has 1 unspecified atom stereocenters. The number of aliphatic hydroxyl groups is 2. The van der Waals surface area contributed by atoms with Gasteiger partial charge >= 0.3 is 5.97 Å². The Morgan fingerprint density at radius 2 is 2.03 bits per heavy atom. The van der Waals surface area contributed by atoms with Gasteiger partial charge in [-0.1, -0.05) is 54.0 Å². The Hall–Kier alpha value is -2.15. The molecular weight excluding hydrogens is 542 g/mol. The summed E-state index contributed by atoms with van der Waals surface area (Å²) in [6.45, 7) is 12.3. The van der Waals surface area contributed by atoms with Crippen LogP contribution in [0, 0.1) is 24.3 Å². The van der Waals surface area contributed by atoms with Gasteiger partial charge in [0.2, 0.25) is 0 Å². The minimum Gasteiger partial charge on any atom is -0.460 e. The van der Waals surface area contributed by atoms with Crippen LogP contribution in [-0.2, 0) is 16.1 Å². The second kappa shape index (κ2) is 14.0. The van der Waals surface area contributed by atoms with Crippen LogP contribution in [0.2, 0.25) is 0 Å². The van der Waals surface area contributed by atoms with Gasteiger partial charge in [-0.25, -0.2) is 9.64 Å². The second-order valence-electron chi connectivity index (χ2n) is 9.12. The average Bonchev–Trinajstić information content (AvgIpc) is 3.19. The molecule has 192 valence electrons. The SMILES string of the molecule is [C-]#[N+]C1=C(Br)C[C@H](COCc2cccc(C(=O)OCCO)c2)[C@H]1CSc1cccc(C(O)C(C)C)c1. The summed E-state index contributed by atoms with van der Waals surface area (Å²) >= 11 is 5.29. The van der Waals surface area contributed by atoms with Crippen LogP contribution in [0.1, 0.15) is 47.9 Å². The van der Waals surface area contributed by atoms with Gasteiger partial charge in [-0.3, -0.25) is 0 Å². The monoisotopic (exact) mass is 573 g/mol. The summed E-state index contributed by atoms with van der Waals surface area (Å²) in [7, 11) is 0. The first-order chi connectivity index (χ1) is 17.3. The molecular formula is C28H32BrNO5S. The number of aliphatic hydroxyl groups excluding tert-OH is 2. The lowest BCUT2D eigenvalue weighted by Crippen LogP contribution is -2.19. The predicted octanol–water partition coefficient (Wildman–Crippen LogP) is 6.00. The zero-order valence-electron chi connectivity index (χ0n) is 20.5. The number of rotatable bonds is 12. The Morgan fingerprint density at radius 1 is 1.25 bits per heavy atom. The maximum atomic E-state index is 12.0. The van der Waals surface area contributed by atoms with Crippen LogP contribution >= 0.6 is 27.7 Å². The van der Waals surface area contributed by atoms with Crippen molar-refractivity contribution in [3.8, 4) is 0 Å². The fourth-order valence-corrected chi connectivity index (χ4v) is 6.13. The lowest BCUT2D eigenvalue weighted by molar-refractivity contribution is 0.0433. The number of halogens is 1. The maximum absolute atomic E-state index is 12.0. The van der Waals surface area contributed by atoms with Crippen molar-refractivity contribution in [1.29, 1.82) is 0 Å². The lowest BCUT2D eigenvalue weighted by Gasteiger charge is -2.21. The van der Waals surface area contributed by atoms with Gasteiger partial charge in [0, 0.05) is 17.4 Å². The van der Waals surface area contributed by atoms with Crippen LogP contribution in [-0.4, -0.2) is 41.8 Å². The number of benzene rings is 2. The Labute approximate surface area is 225 Å². The summed E-state index contributed by atoms with van der Waals surface area (Å²) < 4.78 is 12.0.